The minimum absolute atomic E-state index is 0.0000568. The molecule has 4 spiro atoms. The molecule has 1 aromatic heterocycles. The summed E-state index contributed by atoms with van der Waals surface area (Å²) in [5.74, 6) is -1.79. The van der Waals surface area contributed by atoms with Crippen molar-refractivity contribution in [2.45, 2.75) is 213 Å². The molecule has 3 aliphatic heterocycles. The quantitative estimate of drug-likeness (QED) is 0.0637. The van der Waals surface area contributed by atoms with E-state index in [1.54, 1.807) is 36.1 Å². The maximum atomic E-state index is 13.9. The van der Waals surface area contributed by atoms with Crippen molar-refractivity contribution in [2.75, 3.05) is 45.7 Å². The smallest absolute Gasteiger partial charge is 0.306 e. The van der Waals surface area contributed by atoms with Crippen molar-refractivity contribution in [3.8, 4) is 11.5 Å². The van der Waals surface area contributed by atoms with Gasteiger partial charge in [0.15, 0.2) is 16.9 Å². The number of benzene rings is 1. The molecule has 16 atom stereocenters. The first-order valence-corrected chi connectivity index (χ1v) is 32.2. The fraction of sp³-hybridized carbons (Fsp3) is 0.817. The lowest BCUT2D eigenvalue weighted by atomic mass is 9.50. The molecular weight excluding hydrogens is 1020 g/mol. The van der Waals surface area contributed by atoms with Crippen molar-refractivity contribution in [3.63, 3.8) is 0 Å². The van der Waals surface area contributed by atoms with E-state index in [1.807, 2.05) is 22.9 Å². The van der Waals surface area contributed by atoms with Crippen LogP contribution in [-0.4, -0.2) is 145 Å². The number of esters is 1. The first-order valence-electron chi connectivity index (χ1n) is 29.9. The molecule has 11 rings (SSSR count). The second-order valence-corrected chi connectivity index (χ2v) is 28.6. The number of aliphatic hydroxyl groups excluding tert-OH is 4. The van der Waals surface area contributed by atoms with Crippen LogP contribution in [0.5, 0.6) is 11.5 Å². The molecule has 9 N–H and O–H groups in total. The maximum Gasteiger partial charge on any atom is 0.306 e. The SMILES string of the molecule is CCOC(=O)CCc1cc2ccoc2c2c1O[C@@H]1O[C@@]3(CSS[C@@]4(CC5(CCCC5)[C@@]5(CC[C@@H](CNC)C5)[C@@H]4CCC4(O)CCCC4)[C@@H](CC[C@@H](C)CCC[C@H]3O)NCCO2)[C@]2(O)C[C@@H]3C=C[C@H](O)[C@@H](CO)[C@H]3[C@@]1(O)[C@H]2O. The number of rotatable bonds is 10. The molecule has 17 heteroatoms. The summed E-state index contributed by atoms with van der Waals surface area (Å²) in [5.41, 5.74) is -6.43. The Morgan fingerprint density at radius 3 is 2.51 bits per heavy atom. The summed E-state index contributed by atoms with van der Waals surface area (Å²) in [7, 11) is 5.58. The Morgan fingerprint density at radius 2 is 1.74 bits per heavy atom. The van der Waals surface area contributed by atoms with Crippen molar-refractivity contribution in [1.29, 1.82) is 0 Å². The summed E-state index contributed by atoms with van der Waals surface area (Å²) >= 11 is 0. The van der Waals surface area contributed by atoms with E-state index in [-0.39, 0.29) is 78.9 Å². The monoisotopic (exact) mass is 1110 g/mol. The van der Waals surface area contributed by atoms with E-state index >= 15 is 0 Å². The second-order valence-electron chi connectivity index (χ2n) is 25.9. The largest absolute Gasteiger partial charge is 0.485 e. The number of hydrogen-bond acceptors (Lipinski definition) is 17. The number of furan rings is 1. The van der Waals surface area contributed by atoms with Crippen molar-refractivity contribution >= 4 is 38.5 Å². The van der Waals surface area contributed by atoms with Gasteiger partial charge in [0.1, 0.15) is 23.9 Å². The number of carbonyl (C=O) groups excluding carboxylic acids is 1. The van der Waals surface area contributed by atoms with Crippen LogP contribution < -0.4 is 20.1 Å². The highest BCUT2D eigenvalue weighted by atomic mass is 33.1. The summed E-state index contributed by atoms with van der Waals surface area (Å²) < 4.78 is 32.8. The van der Waals surface area contributed by atoms with E-state index in [9.17, 15) is 40.5 Å². The third-order valence-electron chi connectivity index (χ3n) is 21.9. The Bertz CT molecular complexity index is 2430. The molecule has 6 aliphatic carbocycles. The zero-order chi connectivity index (χ0) is 54.0. The molecule has 0 amide bonds. The first kappa shape index (κ1) is 56.7. The fourth-order valence-electron chi connectivity index (χ4n) is 18.3. The van der Waals surface area contributed by atoms with Gasteiger partial charge in [-0.1, -0.05) is 79.2 Å². The number of nitrogens with one attached hydrogen (secondary N) is 2. The molecule has 5 bridgehead atoms. The molecule has 77 heavy (non-hydrogen) atoms. The van der Waals surface area contributed by atoms with Crippen LogP contribution in [0.15, 0.2) is 35.0 Å². The number of carbonyl (C=O) groups is 1. The molecule has 15 nitrogen and oxygen atoms in total. The minimum atomic E-state index is -2.49. The van der Waals surface area contributed by atoms with Gasteiger partial charge in [0, 0.05) is 53.3 Å². The summed E-state index contributed by atoms with van der Waals surface area (Å²) in [6.45, 7) is 5.34. The molecule has 0 radical (unpaired) electrons. The molecule has 9 aliphatic rings. The molecule has 7 fully saturated rings. The zero-order valence-electron chi connectivity index (χ0n) is 45.9. The average molecular weight is 1110 g/mol. The number of allylic oxidation sites excluding steroid dienone is 1. The first-order chi connectivity index (χ1) is 37.0. The highest BCUT2D eigenvalue weighted by Crippen LogP contribution is 2.78. The highest BCUT2D eigenvalue weighted by Gasteiger charge is 2.79. The molecule has 430 valence electrons. The van der Waals surface area contributed by atoms with Gasteiger partial charge in [0.05, 0.1) is 30.7 Å². The average Bonchev–Trinajstić information content (AvgIpc) is 4.12. The van der Waals surface area contributed by atoms with Crippen molar-refractivity contribution < 1.29 is 63.9 Å². The summed E-state index contributed by atoms with van der Waals surface area (Å²) in [4.78, 5) is 13.1. The van der Waals surface area contributed by atoms with Gasteiger partial charge in [0.25, 0.3) is 0 Å². The van der Waals surface area contributed by atoms with E-state index < -0.39 is 82.1 Å². The topological polar surface area (TPSA) is 233 Å². The van der Waals surface area contributed by atoms with E-state index in [4.69, 9.17) is 23.4 Å². The molecule has 1 aromatic carbocycles. The summed E-state index contributed by atoms with van der Waals surface area (Å²) in [5, 5.41) is 97.7. The second kappa shape index (κ2) is 22.2. The van der Waals surface area contributed by atoms with Gasteiger partial charge in [-0.25, -0.2) is 0 Å². The van der Waals surface area contributed by atoms with Gasteiger partial charge in [-0.05, 0) is 169 Å². The van der Waals surface area contributed by atoms with E-state index in [0.717, 1.165) is 90.0 Å². The molecular formula is C60H90N2O13S2. The van der Waals surface area contributed by atoms with Crippen molar-refractivity contribution in [1.82, 2.24) is 10.6 Å². The van der Waals surface area contributed by atoms with Gasteiger partial charge in [-0.2, -0.15) is 0 Å². The van der Waals surface area contributed by atoms with Crippen molar-refractivity contribution in [3.05, 3.63) is 36.1 Å². The number of fused-ring (bicyclic) bond motifs is 12. The maximum absolute atomic E-state index is 13.9. The number of ether oxygens (including phenoxy) is 4. The number of aryl methyl sites for hydroxylation is 1. The lowest BCUT2D eigenvalue weighted by molar-refractivity contribution is -0.424. The highest BCUT2D eigenvalue weighted by molar-refractivity contribution is 8.77. The molecule has 0 unspecified atom stereocenters. The molecule has 4 heterocycles. The summed E-state index contributed by atoms with van der Waals surface area (Å²) in [6.07, 6.45) is 16.6. The molecule has 2 saturated heterocycles. The lowest BCUT2D eigenvalue weighted by Crippen LogP contribution is -2.86. The van der Waals surface area contributed by atoms with E-state index in [0.29, 0.717) is 41.3 Å². The number of hydrogen-bond donors (Lipinski definition) is 9. The van der Waals surface area contributed by atoms with Crippen molar-refractivity contribution in [2.24, 2.45) is 46.3 Å². The van der Waals surface area contributed by atoms with Gasteiger partial charge in [-0.15, -0.1) is 0 Å². The third kappa shape index (κ3) is 9.46. The van der Waals surface area contributed by atoms with Gasteiger partial charge in [0.2, 0.25) is 12.0 Å². The van der Waals surface area contributed by atoms with Gasteiger partial charge in [-0.3, -0.25) is 4.79 Å². The summed E-state index contributed by atoms with van der Waals surface area (Å²) in [6, 6.07) is 3.67. The lowest BCUT2D eigenvalue weighted by Gasteiger charge is -2.67. The normalized spacial score (nSPS) is 42.6. The van der Waals surface area contributed by atoms with Crippen LogP contribution in [0.3, 0.4) is 0 Å². The fourth-order valence-corrected chi connectivity index (χ4v) is 22.6. The molecule has 2 aromatic rings. The van der Waals surface area contributed by atoms with Crippen LogP contribution in [0.4, 0.5) is 0 Å². The predicted molar refractivity (Wildman–Crippen MR) is 296 cm³/mol. The van der Waals surface area contributed by atoms with Crippen LogP contribution in [0.25, 0.3) is 11.0 Å². The van der Waals surface area contributed by atoms with Crippen LogP contribution >= 0.6 is 21.6 Å². The van der Waals surface area contributed by atoms with E-state index in [2.05, 4.69) is 24.6 Å². The van der Waals surface area contributed by atoms with Gasteiger partial charge < -0.3 is 69.7 Å². The zero-order valence-corrected chi connectivity index (χ0v) is 47.6. The predicted octanol–water partition coefficient (Wildman–Crippen LogP) is 7.50. The Labute approximate surface area is 463 Å². The molecule has 5 saturated carbocycles. The van der Waals surface area contributed by atoms with Crippen LogP contribution in [0.1, 0.15) is 154 Å². The number of aliphatic hydroxyl groups is 7. The van der Waals surface area contributed by atoms with E-state index in [1.165, 1.54) is 25.7 Å². The van der Waals surface area contributed by atoms with Crippen LogP contribution in [0.2, 0.25) is 0 Å². The Morgan fingerprint density at radius 1 is 0.948 bits per heavy atom. The standard InChI is InChI=1S/C60H90N2O13S2/c1-4-71-47(66)17-14-39-30-40-20-28-72-49(40)51-50(39)74-53-60(70)48-41(13-15-43(64)42(48)34-63)32-58(69,52(60)67)59(75-53)36-76-77-57(45(62-27-29-73-51)16-12-37(2)10-9-11-46(59)65)35-54(21-5-6-22-54)56(26-18-38(31-56)33-61-3)44(57)19-25-55(68)23-7-8-24-55/h13,15,20,28,30,37-38,41-46,48,52-53,61-65,67-70H,4-12,14,16-19,21-27,29,31-36H2,1-3H3/t37-,38+,41-,42+,43-,44-,45+,46+,48-,52-,53+,56+,57+,58-,59+,60+/m0/s1. The van der Waals surface area contributed by atoms with Crippen LogP contribution in [0, 0.1) is 46.3 Å². The Kier molecular flexibility index (Phi) is 16.4. The minimum Gasteiger partial charge on any atom is -0.485 e. The Hall–Kier alpha value is -2.13. The van der Waals surface area contributed by atoms with Crippen LogP contribution in [-0.2, 0) is 20.7 Å². The third-order valence-corrected chi connectivity index (χ3v) is 25.3. The Balaban J connectivity index is 1.12. The van der Waals surface area contributed by atoms with Gasteiger partial charge >= 0.3 is 5.97 Å².